The number of hydrogen-bond donors (Lipinski definition) is 0. The highest BCUT2D eigenvalue weighted by atomic mass is 35.5. The average molecular weight is 190 g/mol. The molecular formula is C7H5Cl2NO. The Labute approximate surface area is 74.1 Å². The van der Waals surface area contributed by atoms with E-state index < -0.39 is 0 Å². The van der Waals surface area contributed by atoms with E-state index in [-0.39, 0.29) is 5.15 Å². The molecule has 0 spiro atoms. The Morgan fingerprint density at radius 3 is 2.64 bits per heavy atom. The first kappa shape index (κ1) is 8.50. The molecule has 1 aromatic heterocycles. The van der Waals surface area contributed by atoms with Gasteiger partial charge in [-0.15, -0.1) is 0 Å². The summed E-state index contributed by atoms with van der Waals surface area (Å²) < 4.78 is 0. The lowest BCUT2D eigenvalue weighted by Crippen LogP contribution is -1.91. The van der Waals surface area contributed by atoms with Gasteiger partial charge in [0, 0.05) is 0 Å². The van der Waals surface area contributed by atoms with Crippen molar-refractivity contribution in [2.45, 2.75) is 6.92 Å². The van der Waals surface area contributed by atoms with Gasteiger partial charge in [-0.1, -0.05) is 23.2 Å². The highest BCUT2D eigenvalue weighted by Crippen LogP contribution is 2.18. The Bertz CT molecular complexity index is 275. The molecule has 0 saturated carbocycles. The largest absolute Gasteiger partial charge is 0.298 e. The van der Waals surface area contributed by atoms with Crippen molar-refractivity contribution in [3.63, 3.8) is 0 Å². The number of carbonyl (C=O) groups is 1. The second kappa shape index (κ2) is 3.20. The Balaban J connectivity index is 3.36. The number of nitrogens with zero attached hydrogens (tertiary/aromatic N) is 1. The average Bonchev–Trinajstić information content (AvgIpc) is 1.85. The molecule has 0 aliphatic rings. The van der Waals surface area contributed by atoms with Crippen molar-refractivity contribution in [1.82, 2.24) is 4.98 Å². The molecule has 0 radical (unpaired) electrons. The fourth-order valence-electron chi connectivity index (χ4n) is 0.747. The van der Waals surface area contributed by atoms with Crippen LogP contribution in [0.1, 0.15) is 15.9 Å². The number of carbonyl (C=O) groups excluding carboxylic acids is 1. The van der Waals surface area contributed by atoms with Gasteiger partial charge in [0.2, 0.25) is 0 Å². The molecule has 0 fully saturated rings. The van der Waals surface area contributed by atoms with Gasteiger partial charge in [-0.25, -0.2) is 4.98 Å². The lowest BCUT2D eigenvalue weighted by atomic mass is 10.2. The summed E-state index contributed by atoms with van der Waals surface area (Å²) in [4.78, 5) is 14.1. The molecule has 2 nitrogen and oxygen atoms in total. The van der Waals surface area contributed by atoms with Crippen LogP contribution in [0.4, 0.5) is 0 Å². The third-order valence-corrected chi connectivity index (χ3v) is 1.79. The minimum atomic E-state index is 0.157. The molecule has 11 heavy (non-hydrogen) atoms. The maximum Gasteiger partial charge on any atom is 0.153 e. The van der Waals surface area contributed by atoms with Crippen LogP contribution in [-0.2, 0) is 0 Å². The summed E-state index contributed by atoms with van der Waals surface area (Å²) in [6.45, 7) is 1.75. The van der Waals surface area contributed by atoms with Crippen molar-refractivity contribution < 1.29 is 4.79 Å². The van der Waals surface area contributed by atoms with E-state index in [0.717, 1.165) is 5.56 Å². The van der Waals surface area contributed by atoms with Gasteiger partial charge in [0.15, 0.2) is 6.29 Å². The molecule has 1 rings (SSSR count). The number of hydrogen-bond acceptors (Lipinski definition) is 2. The van der Waals surface area contributed by atoms with E-state index in [0.29, 0.717) is 17.0 Å². The van der Waals surface area contributed by atoms with Crippen LogP contribution in [0.5, 0.6) is 0 Å². The molecule has 1 heterocycles. The van der Waals surface area contributed by atoms with Crippen LogP contribution in [0.3, 0.4) is 0 Å². The van der Waals surface area contributed by atoms with E-state index in [1.165, 1.54) is 0 Å². The van der Waals surface area contributed by atoms with Crippen molar-refractivity contribution in [2.24, 2.45) is 0 Å². The first-order valence-corrected chi connectivity index (χ1v) is 3.68. The molecule has 58 valence electrons. The van der Waals surface area contributed by atoms with Crippen molar-refractivity contribution in [3.05, 3.63) is 27.5 Å². The number of pyridine rings is 1. The lowest BCUT2D eigenvalue weighted by molar-refractivity contribution is 0.112. The normalized spacial score (nSPS) is 9.73. The molecule has 0 aliphatic heterocycles. The van der Waals surface area contributed by atoms with Gasteiger partial charge in [0.1, 0.15) is 10.3 Å². The summed E-state index contributed by atoms with van der Waals surface area (Å²) >= 11 is 11.2. The minimum Gasteiger partial charge on any atom is -0.298 e. The van der Waals surface area contributed by atoms with E-state index in [4.69, 9.17) is 23.2 Å². The Morgan fingerprint density at radius 2 is 2.18 bits per heavy atom. The van der Waals surface area contributed by atoms with Gasteiger partial charge >= 0.3 is 0 Å². The topological polar surface area (TPSA) is 30.0 Å². The number of aldehydes is 1. The van der Waals surface area contributed by atoms with Crippen LogP contribution in [0.2, 0.25) is 10.3 Å². The fraction of sp³-hybridized carbons (Fsp3) is 0.143. The van der Waals surface area contributed by atoms with E-state index in [9.17, 15) is 4.79 Å². The van der Waals surface area contributed by atoms with Gasteiger partial charge in [0.05, 0.1) is 5.56 Å². The number of rotatable bonds is 1. The first-order chi connectivity index (χ1) is 5.15. The molecule has 0 bridgehead atoms. The third-order valence-electron chi connectivity index (χ3n) is 1.31. The maximum atomic E-state index is 10.4. The van der Waals surface area contributed by atoms with Crippen molar-refractivity contribution in [3.8, 4) is 0 Å². The van der Waals surface area contributed by atoms with Gasteiger partial charge in [-0.05, 0) is 18.6 Å². The smallest absolute Gasteiger partial charge is 0.153 e. The van der Waals surface area contributed by atoms with Gasteiger partial charge < -0.3 is 0 Å². The molecule has 0 atom stereocenters. The molecule has 1 aromatic rings. The lowest BCUT2D eigenvalue weighted by Gasteiger charge is -1.99. The van der Waals surface area contributed by atoms with Gasteiger partial charge in [-0.2, -0.15) is 0 Å². The monoisotopic (exact) mass is 189 g/mol. The third kappa shape index (κ3) is 1.70. The zero-order chi connectivity index (χ0) is 8.43. The second-order valence-corrected chi connectivity index (χ2v) is 2.83. The van der Waals surface area contributed by atoms with Crippen LogP contribution >= 0.6 is 23.2 Å². The summed E-state index contributed by atoms with van der Waals surface area (Å²) in [5, 5.41) is 0.461. The van der Waals surface area contributed by atoms with E-state index in [1.54, 1.807) is 13.0 Å². The first-order valence-electron chi connectivity index (χ1n) is 2.93. The zero-order valence-electron chi connectivity index (χ0n) is 5.77. The van der Waals surface area contributed by atoms with Crippen LogP contribution in [0, 0.1) is 6.92 Å². The standard InChI is InChI=1S/C7H5Cl2NO/c1-4-2-6(8)10-7(9)5(4)3-11/h2-3H,1H3. The molecule has 0 aromatic carbocycles. The van der Waals surface area contributed by atoms with Crippen molar-refractivity contribution in [2.75, 3.05) is 0 Å². The van der Waals surface area contributed by atoms with Gasteiger partial charge in [-0.3, -0.25) is 4.79 Å². The van der Waals surface area contributed by atoms with Crippen molar-refractivity contribution >= 4 is 29.5 Å². The number of halogens is 2. The van der Waals surface area contributed by atoms with Crippen LogP contribution in [0.15, 0.2) is 6.07 Å². The van der Waals surface area contributed by atoms with E-state index in [2.05, 4.69) is 4.98 Å². The Kier molecular flexibility index (Phi) is 2.47. The Morgan fingerprint density at radius 1 is 1.55 bits per heavy atom. The molecule has 0 saturated heterocycles. The predicted molar refractivity (Wildman–Crippen MR) is 44.4 cm³/mol. The molecule has 0 unspecified atom stereocenters. The highest BCUT2D eigenvalue weighted by molar-refractivity contribution is 6.34. The maximum absolute atomic E-state index is 10.4. The highest BCUT2D eigenvalue weighted by Gasteiger charge is 2.05. The Hall–Kier alpha value is -0.600. The van der Waals surface area contributed by atoms with Gasteiger partial charge in [0.25, 0.3) is 0 Å². The molecule has 4 heteroatoms. The van der Waals surface area contributed by atoms with E-state index >= 15 is 0 Å². The van der Waals surface area contributed by atoms with Crippen molar-refractivity contribution in [1.29, 1.82) is 0 Å². The number of aryl methyl sites for hydroxylation is 1. The summed E-state index contributed by atoms with van der Waals surface area (Å²) in [6.07, 6.45) is 0.668. The van der Waals surface area contributed by atoms with Crippen LogP contribution < -0.4 is 0 Å². The quantitative estimate of drug-likeness (QED) is 0.503. The summed E-state index contributed by atoms with van der Waals surface area (Å²) in [6, 6.07) is 1.59. The van der Waals surface area contributed by atoms with Crippen LogP contribution in [0.25, 0.3) is 0 Å². The van der Waals surface area contributed by atoms with E-state index in [1.807, 2.05) is 0 Å². The molecule has 0 aliphatic carbocycles. The second-order valence-electron chi connectivity index (χ2n) is 2.08. The molecule has 0 N–H and O–H groups in total. The predicted octanol–water partition coefficient (Wildman–Crippen LogP) is 2.51. The summed E-state index contributed by atoms with van der Waals surface area (Å²) in [7, 11) is 0. The minimum absolute atomic E-state index is 0.157. The number of aromatic nitrogens is 1. The molecule has 0 amide bonds. The molecular weight excluding hydrogens is 185 g/mol. The summed E-state index contributed by atoms with van der Waals surface area (Å²) in [5.74, 6) is 0. The van der Waals surface area contributed by atoms with Crippen LogP contribution in [-0.4, -0.2) is 11.3 Å². The fourth-order valence-corrected chi connectivity index (χ4v) is 1.32. The zero-order valence-corrected chi connectivity index (χ0v) is 7.28. The summed E-state index contributed by atoms with van der Waals surface area (Å²) in [5.41, 5.74) is 1.14. The SMILES string of the molecule is Cc1cc(Cl)nc(Cl)c1C=O.